The van der Waals surface area contributed by atoms with E-state index in [1.54, 1.807) is 0 Å². The van der Waals surface area contributed by atoms with Crippen LogP contribution in [0.1, 0.15) is 24.2 Å². The molecule has 20 heavy (non-hydrogen) atoms. The Kier molecular flexibility index (Phi) is 3.53. The van der Waals surface area contributed by atoms with Crippen molar-refractivity contribution in [3.63, 3.8) is 0 Å². The zero-order valence-electron chi connectivity index (χ0n) is 11.4. The number of fused-ring (bicyclic) bond motifs is 1. The van der Waals surface area contributed by atoms with Gasteiger partial charge in [-0.2, -0.15) is 0 Å². The van der Waals surface area contributed by atoms with Crippen molar-refractivity contribution < 1.29 is 4.79 Å². The number of amides is 1. The molecule has 1 aliphatic rings. The van der Waals surface area contributed by atoms with Crippen molar-refractivity contribution in [2.75, 3.05) is 6.54 Å². The Morgan fingerprint density at radius 2 is 2.05 bits per heavy atom. The lowest BCUT2D eigenvalue weighted by Crippen LogP contribution is -2.41. The van der Waals surface area contributed by atoms with E-state index < -0.39 is 0 Å². The molecule has 1 aliphatic heterocycles. The molecule has 1 unspecified atom stereocenters. The van der Waals surface area contributed by atoms with E-state index in [4.69, 9.17) is 11.6 Å². The van der Waals surface area contributed by atoms with E-state index in [0.29, 0.717) is 11.4 Å². The number of halogens is 1. The van der Waals surface area contributed by atoms with Gasteiger partial charge in [-0.25, -0.2) is 0 Å². The molecule has 1 atom stereocenters. The van der Waals surface area contributed by atoms with Crippen molar-refractivity contribution in [2.24, 2.45) is 0 Å². The van der Waals surface area contributed by atoms with Gasteiger partial charge in [0.15, 0.2) is 0 Å². The van der Waals surface area contributed by atoms with Crippen LogP contribution in [0, 0.1) is 0 Å². The molecule has 2 aromatic rings. The fourth-order valence-corrected chi connectivity index (χ4v) is 3.03. The van der Waals surface area contributed by atoms with Crippen LogP contribution in [-0.4, -0.2) is 21.9 Å². The molecular weight excluding hydrogens is 272 g/mol. The molecule has 104 valence electrons. The lowest BCUT2D eigenvalue weighted by atomic mass is 10.1. The van der Waals surface area contributed by atoms with Crippen LogP contribution in [0.25, 0.3) is 0 Å². The highest BCUT2D eigenvalue weighted by Gasteiger charge is 2.27. The van der Waals surface area contributed by atoms with Gasteiger partial charge in [-0.05, 0) is 30.7 Å². The Hall–Kier alpha value is -1.74. The van der Waals surface area contributed by atoms with Crippen molar-refractivity contribution in [3.05, 3.63) is 58.9 Å². The molecule has 4 heteroatoms. The van der Waals surface area contributed by atoms with Crippen LogP contribution in [-0.2, 0) is 17.8 Å². The first-order valence-electron chi connectivity index (χ1n) is 6.84. The minimum absolute atomic E-state index is 0.119. The fraction of sp³-hybridized carbons (Fsp3) is 0.312. The average molecular weight is 289 g/mol. The Balaban J connectivity index is 1.77. The summed E-state index contributed by atoms with van der Waals surface area (Å²) in [6.07, 6.45) is 2.44. The predicted octanol–water partition coefficient (Wildman–Crippen LogP) is 3.29. The van der Waals surface area contributed by atoms with E-state index in [1.165, 1.54) is 5.69 Å². The van der Waals surface area contributed by atoms with Gasteiger partial charge in [-0.3, -0.25) is 4.79 Å². The first-order valence-corrected chi connectivity index (χ1v) is 7.22. The molecular formula is C16H17ClN2O. The number of benzene rings is 1. The minimum atomic E-state index is 0.119. The van der Waals surface area contributed by atoms with Crippen LogP contribution in [0.15, 0.2) is 42.6 Å². The molecule has 3 rings (SSSR count). The maximum absolute atomic E-state index is 12.5. The topological polar surface area (TPSA) is 25.2 Å². The molecule has 0 aliphatic carbocycles. The molecule has 0 saturated heterocycles. The maximum atomic E-state index is 12.5. The summed E-state index contributed by atoms with van der Waals surface area (Å²) in [5.74, 6) is 0.137. The van der Waals surface area contributed by atoms with Crippen molar-refractivity contribution >= 4 is 17.5 Å². The van der Waals surface area contributed by atoms with E-state index in [0.717, 1.165) is 18.7 Å². The highest BCUT2D eigenvalue weighted by Crippen LogP contribution is 2.26. The van der Waals surface area contributed by atoms with E-state index in [-0.39, 0.29) is 11.9 Å². The van der Waals surface area contributed by atoms with E-state index in [1.807, 2.05) is 35.2 Å². The molecule has 0 bridgehead atoms. The highest BCUT2D eigenvalue weighted by atomic mass is 35.5. The summed E-state index contributed by atoms with van der Waals surface area (Å²) in [6, 6.07) is 11.8. The third-order valence-electron chi connectivity index (χ3n) is 3.96. The van der Waals surface area contributed by atoms with Gasteiger partial charge in [0.1, 0.15) is 0 Å². The first-order chi connectivity index (χ1) is 9.66. The SMILES string of the molecule is CC1c2cccn2CCN1C(=O)Cc1ccccc1Cl. The molecule has 2 heterocycles. The van der Waals surface area contributed by atoms with Gasteiger partial charge in [0.25, 0.3) is 0 Å². The lowest BCUT2D eigenvalue weighted by Gasteiger charge is -2.35. The smallest absolute Gasteiger partial charge is 0.227 e. The zero-order valence-corrected chi connectivity index (χ0v) is 12.2. The van der Waals surface area contributed by atoms with Gasteiger partial charge in [0.2, 0.25) is 5.91 Å². The predicted molar refractivity (Wildman–Crippen MR) is 79.7 cm³/mol. The summed E-state index contributed by atoms with van der Waals surface area (Å²) < 4.78 is 2.21. The molecule has 3 nitrogen and oxygen atoms in total. The first kappa shape index (κ1) is 13.3. The number of carbonyl (C=O) groups is 1. The van der Waals surface area contributed by atoms with Crippen molar-refractivity contribution in [2.45, 2.75) is 25.9 Å². The number of rotatable bonds is 2. The number of aromatic nitrogens is 1. The number of hydrogen-bond donors (Lipinski definition) is 0. The lowest BCUT2D eigenvalue weighted by molar-refractivity contribution is -0.133. The van der Waals surface area contributed by atoms with E-state index >= 15 is 0 Å². The average Bonchev–Trinajstić information content (AvgIpc) is 2.91. The number of hydrogen-bond acceptors (Lipinski definition) is 1. The van der Waals surface area contributed by atoms with Gasteiger partial charge in [0, 0.05) is 30.0 Å². The molecule has 1 aromatic carbocycles. The molecule has 0 radical (unpaired) electrons. The Bertz CT molecular complexity index is 635. The molecule has 0 N–H and O–H groups in total. The van der Waals surface area contributed by atoms with E-state index in [9.17, 15) is 4.79 Å². The summed E-state index contributed by atoms with van der Waals surface area (Å²) in [4.78, 5) is 14.5. The number of nitrogens with zero attached hydrogens (tertiary/aromatic N) is 2. The standard InChI is InChI=1S/C16H17ClN2O/c1-12-15-7-4-8-18(15)9-10-19(12)16(20)11-13-5-2-3-6-14(13)17/h2-8,12H,9-11H2,1H3. The van der Waals surface area contributed by atoms with Gasteiger partial charge >= 0.3 is 0 Å². The van der Waals surface area contributed by atoms with Gasteiger partial charge in [-0.1, -0.05) is 29.8 Å². The molecule has 0 fully saturated rings. The van der Waals surface area contributed by atoms with Gasteiger partial charge in [-0.15, -0.1) is 0 Å². The summed E-state index contributed by atoms with van der Waals surface area (Å²) in [7, 11) is 0. The summed E-state index contributed by atoms with van der Waals surface area (Å²) in [5.41, 5.74) is 2.09. The van der Waals surface area contributed by atoms with Crippen LogP contribution >= 0.6 is 11.6 Å². The second-order valence-corrected chi connectivity index (χ2v) is 5.56. The Morgan fingerprint density at radius 3 is 2.85 bits per heavy atom. The van der Waals surface area contributed by atoms with Crippen LogP contribution in [0.4, 0.5) is 0 Å². The molecule has 1 amide bonds. The molecule has 0 spiro atoms. The van der Waals surface area contributed by atoms with Gasteiger partial charge < -0.3 is 9.47 Å². The second-order valence-electron chi connectivity index (χ2n) is 5.16. The molecule has 0 saturated carbocycles. The largest absolute Gasteiger partial charge is 0.348 e. The van der Waals surface area contributed by atoms with Crippen molar-refractivity contribution in [1.29, 1.82) is 0 Å². The monoisotopic (exact) mass is 288 g/mol. The van der Waals surface area contributed by atoms with E-state index in [2.05, 4.69) is 23.8 Å². The maximum Gasteiger partial charge on any atom is 0.227 e. The van der Waals surface area contributed by atoms with Crippen LogP contribution in [0.2, 0.25) is 5.02 Å². The van der Waals surface area contributed by atoms with Crippen molar-refractivity contribution in [1.82, 2.24) is 9.47 Å². The number of carbonyl (C=O) groups excluding carboxylic acids is 1. The third-order valence-corrected chi connectivity index (χ3v) is 4.33. The van der Waals surface area contributed by atoms with Crippen LogP contribution in [0.3, 0.4) is 0 Å². The zero-order chi connectivity index (χ0) is 14.1. The second kappa shape index (κ2) is 5.33. The van der Waals surface area contributed by atoms with Crippen LogP contribution < -0.4 is 0 Å². The Morgan fingerprint density at radius 1 is 1.25 bits per heavy atom. The summed E-state index contributed by atoms with van der Waals surface area (Å²) >= 11 is 6.13. The highest BCUT2D eigenvalue weighted by molar-refractivity contribution is 6.31. The normalized spacial score (nSPS) is 17.9. The summed E-state index contributed by atoms with van der Waals surface area (Å²) in [5, 5.41) is 0.661. The quantitative estimate of drug-likeness (QED) is 0.832. The summed E-state index contributed by atoms with van der Waals surface area (Å²) in [6.45, 7) is 3.70. The van der Waals surface area contributed by atoms with Crippen molar-refractivity contribution in [3.8, 4) is 0 Å². The molecule has 1 aromatic heterocycles. The van der Waals surface area contributed by atoms with Gasteiger partial charge in [0.05, 0.1) is 12.5 Å². The van der Waals surface area contributed by atoms with Crippen LogP contribution in [0.5, 0.6) is 0 Å². The Labute approximate surface area is 123 Å². The fourth-order valence-electron chi connectivity index (χ4n) is 2.83. The minimum Gasteiger partial charge on any atom is -0.348 e. The third kappa shape index (κ3) is 2.34.